The van der Waals surface area contributed by atoms with E-state index in [1.165, 1.54) is 0 Å². The predicted molar refractivity (Wildman–Crippen MR) is 75.3 cm³/mol. The van der Waals surface area contributed by atoms with Gasteiger partial charge in [0.1, 0.15) is 11.9 Å². The number of carboxylic acids is 1. The number of nitro groups is 1. The van der Waals surface area contributed by atoms with E-state index in [1.807, 2.05) is 0 Å². The molecule has 0 amide bonds. The van der Waals surface area contributed by atoms with Gasteiger partial charge in [-0.2, -0.15) is 4.31 Å². The van der Waals surface area contributed by atoms with Crippen LogP contribution in [0.4, 0.5) is 10.1 Å². The number of aliphatic carboxylic acids is 1. The van der Waals surface area contributed by atoms with E-state index in [-0.39, 0.29) is 17.4 Å². The average molecular weight is 397 g/mol. The van der Waals surface area contributed by atoms with Crippen LogP contribution in [0.3, 0.4) is 0 Å². The molecule has 8 nitrogen and oxygen atoms in total. The number of rotatable bonds is 4. The summed E-state index contributed by atoms with van der Waals surface area (Å²) < 4.78 is 39.0. The summed E-state index contributed by atoms with van der Waals surface area (Å²) in [5.41, 5.74) is -0.934. The molecule has 0 radical (unpaired) electrons. The summed E-state index contributed by atoms with van der Waals surface area (Å²) in [6.45, 7) is -0.0640. The molecule has 0 aromatic heterocycles. The Morgan fingerprint density at radius 2 is 2.14 bits per heavy atom. The first-order chi connectivity index (χ1) is 10.2. The molecule has 1 N–H and O–H groups in total. The zero-order chi connectivity index (χ0) is 16.7. The average Bonchev–Trinajstić information content (AvgIpc) is 2.91. The summed E-state index contributed by atoms with van der Waals surface area (Å²) in [4.78, 5) is 20.4. The number of carbonyl (C=O) groups is 1. The third kappa shape index (κ3) is 2.83. The molecule has 0 spiro atoms. The molecule has 1 aromatic rings. The van der Waals surface area contributed by atoms with Crippen LogP contribution < -0.4 is 0 Å². The van der Waals surface area contributed by atoms with Crippen molar-refractivity contribution in [1.29, 1.82) is 0 Å². The van der Waals surface area contributed by atoms with Gasteiger partial charge in [0, 0.05) is 6.54 Å². The molecule has 1 fully saturated rings. The molecule has 11 heteroatoms. The second kappa shape index (κ2) is 5.89. The fraction of sp³-hybridized carbons (Fsp3) is 0.364. The molecule has 120 valence electrons. The number of hydrogen-bond donors (Lipinski definition) is 1. The van der Waals surface area contributed by atoms with Crippen LogP contribution in [0.25, 0.3) is 0 Å². The Hall–Kier alpha value is -1.59. The van der Waals surface area contributed by atoms with Gasteiger partial charge >= 0.3 is 5.97 Å². The number of nitro benzene ring substituents is 1. The number of halogens is 2. The van der Waals surface area contributed by atoms with Gasteiger partial charge in [0.2, 0.25) is 0 Å². The lowest BCUT2D eigenvalue weighted by atomic mass is 10.2. The third-order valence-electron chi connectivity index (χ3n) is 3.27. The van der Waals surface area contributed by atoms with E-state index in [0.717, 1.165) is 6.07 Å². The van der Waals surface area contributed by atoms with Crippen LogP contribution in [0.15, 0.2) is 21.5 Å². The Labute approximate surface area is 132 Å². The largest absolute Gasteiger partial charge is 0.480 e. The maximum atomic E-state index is 13.4. The quantitative estimate of drug-likeness (QED) is 0.611. The van der Waals surface area contributed by atoms with Gasteiger partial charge < -0.3 is 5.11 Å². The molecule has 22 heavy (non-hydrogen) atoms. The molecule has 1 heterocycles. The molecular weight excluding hydrogens is 387 g/mol. The lowest BCUT2D eigenvalue weighted by Gasteiger charge is -2.21. The van der Waals surface area contributed by atoms with Crippen molar-refractivity contribution in [2.75, 3.05) is 6.54 Å². The van der Waals surface area contributed by atoms with E-state index in [4.69, 9.17) is 5.11 Å². The van der Waals surface area contributed by atoms with Crippen molar-refractivity contribution in [3.05, 3.63) is 32.5 Å². The standard InChI is InChI=1S/C11H10BrFN2O6S/c12-6-4-10(9(15(18)19)5-7(6)13)22(20,21)14-3-1-2-8(14)11(16)17/h4-5,8H,1-3H2,(H,16,17)/t8-/m1/s1. The van der Waals surface area contributed by atoms with Crippen molar-refractivity contribution in [2.45, 2.75) is 23.8 Å². The van der Waals surface area contributed by atoms with Crippen LogP contribution in [0.5, 0.6) is 0 Å². The van der Waals surface area contributed by atoms with Crippen LogP contribution in [0.2, 0.25) is 0 Å². The molecule has 1 aliphatic rings. The SMILES string of the molecule is O=C(O)[C@H]1CCCN1S(=O)(=O)c1cc(Br)c(F)cc1[N+](=O)[O-]. The van der Waals surface area contributed by atoms with E-state index < -0.39 is 43.4 Å². The van der Waals surface area contributed by atoms with Gasteiger partial charge in [-0.25, -0.2) is 12.8 Å². The fourth-order valence-electron chi connectivity index (χ4n) is 2.27. The smallest absolute Gasteiger partial charge is 0.322 e. The lowest BCUT2D eigenvalue weighted by Crippen LogP contribution is -2.40. The third-order valence-corrected chi connectivity index (χ3v) is 5.82. The maximum Gasteiger partial charge on any atom is 0.322 e. The first-order valence-corrected chi connectivity index (χ1v) is 8.27. The van der Waals surface area contributed by atoms with Gasteiger partial charge in [0.25, 0.3) is 15.7 Å². The van der Waals surface area contributed by atoms with E-state index in [1.54, 1.807) is 0 Å². The van der Waals surface area contributed by atoms with Gasteiger partial charge in [-0.3, -0.25) is 14.9 Å². The molecule has 0 saturated carbocycles. The van der Waals surface area contributed by atoms with Gasteiger partial charge in [-0.1, -0.05) is 0 Å². The zero-order valence-electron chi connectivity index (χ0n) is 10.9. The minimum atomic E-state index is -4.43. The predicted octanol–water partition coefficient (Wildman–Crippen LogP) is 1.73. The van der Waals surface area contributed by atoms with Crippen molar-refractivity contribution in [3.8, 4) is 0 Å². The molecule has 1 saturated heterocycles. The maximum absolute atomic E-state index is 13.4. The highest BCUT2D eigenvalue weighted by Crippen LogP contribution is 2.34. The highest BCUT2D eigenvalue weighted by Gasteiger charge is 2.42. The molecule has 0 unspecified atom stereocenters. The second-order valence-electron chi connectivity index (χ2n) is 4.60. The van der Waals surface area contributed by atoms with Crippen LogP contribution in [0.1, 0.15) is 12.8 Å². The molecular formula is C11H10BrFN2O6S. The summed E-state index contributed by atoms with van der Waals surface area (Å²) in [6.07, 6.45) is 0.442. The Balaban J connectivity index is 2.61. The van der Waals surface area contributed by atoms with Crippen molar-refractivity contribution >= 4 is 37.6 Å². The summed E-state index contributed by atoms with van der Waals surface area (Å²) in [7, 11) is -4.43. The summed E-state index contributed by atoms with van der Waals surface area (Å²) >= 11 is 2.78. The van der Waals surface area contributed by atoms with Crippen LogP contribution in [-0.4, -0.2) is 41.3 Å². The van der Waals surface area contributed by atoms with E-state index >= 15 is 0 Å². The van der Waals surface area contributed by atoms with Gasteiger partial charge in [0.05, 0.1) is 15.5 Å². The van der Waals surface area contributed by atoms with E-state index in [0.29, 0.717) is 16.8 Å². The summed E-state index contributed by atoms with van der Waals surface area (Å²) in [5, 5.41) is 20.0. The molecule has 0 bridgehead atoms. The van der Waals surface area contributed by atoms with Gasteiger partial charge in [-0.15, -0.1) is 0 Å². The first-order valence-electron chi connectivity index (χ1n) is 6.04. The monoisotopic (exact) mass is 396 g/mol. The Bertz CT molecular complexity index is 753. The van der Waals surface area contributed by atoms with Crippen LogP contribution in [0, 0.1) is 15.9 Å². The van der Waals surface area contributed by atoms with Gasteiger partial charge in [0.15, 0.2) is 4.90 Å². The van der Waals surface area contributed by atoms with Gasteiger partial charge in [-0.05, 0) is 34.8 Å². The van der Waals surface area contributed by atoms with Crippen LogP contribution >= 0.6 is 15.9 Å². The summed E-state index contributed by atoms with van der Waals surface area (Å²) in [6, 6.07) is -0.0171. The van der Waals surface area contributed by atoms with E-state index in [9.17, 15) is 27.7 Å². The van der Waals surface area contributed by atoms with Crippen molar-refractivity contribution < 1.29 is 27.6 Å². The number of hydrogen-bond acceptors (Lipinski definition) is 5. The lowest BCUT2D eigenvalue weighted by molar-refractivity contribution is -0.388. The summed E-state index contributed by atoms with van der Waals surface area (Å²) in [5.74, 6) is -2.31. The molecule has 0 aliphatic carbocycles. The second-order valence-corrected chi connectivity index (χ2v) is 7.32. The first kappa shape index (κ1) is 16.8. The number of benzene rings is 1. The van der Waals surface area contributed by atoms with Crippen molar-refractivity contribution in [2.24, 2.45) is 0 Å². The minimum absolute atomic E-state index is 0.0640. The van der Waals surface area contributed by atoms with E-state index in [2.05, 4.69) is 15.9 Å². The molecule has 2 rings (SSSR count). The highest BCUT2D eigenvalue weighted by molar-refractivity contribution is 9.10. The molecule has 1 atom stereocenters. The zero-order valence-corrected chi connectivity index (χ0v) is 13.3. The van der Waals surface area contributed by atoms with Crippen LogP contribution in [-0.2, 0) is 14.8 Å². The molecule has 1 aromatic carbocycles. The number of carboxylic acid groups (broad SMARTS) is 1. The Kier molecular flexibility index (Phi) is 4.49. The Morgan fingerprint density at radius 1 is 1.50 bits per heavy atom. The number of sulfonamides is 1. The normalized spacial score (nSPS) is 19.3. The fourth-order valence-corrected chi connectivity index (χ4v) is 4.58. The number of nitrogens with zero attached hydrogens (tertiary/aromatic N) is 2. The minimum Gasteiger partial charge on any atom is -0.480 e. The van der Waals surface area contributed by atoms with Crippen molar-refractivity contribution in [3.63, 3.8) is 0 Å². The highest BCUT2D eigenvalue weighted by atomic mass is 79.9. The molecule has 1 aliphatic heterocycles. The topological polar surface area (TPSA) is 118 Å². The van der Waals surface area contributed by atoms with Crippen molar-refractivity contribution in [1.82, 2.24) is 4.31 Å². The Morgan fingerprint density at radius 3 is 2.68 bits per heavy atom.